The lowest BCUT2D eigenvalue weighted by molar-refractivity contribution is -0.137. The Bertz CT molecular complexity index is 849. The molecule has 0 aliphatic carbocycles. The van der Waals surface area contributed by atoms with Crippen molar-refractivity contribution in [3.63, 3.8) is 0 Å². The Morgan fingerprint density at radius 1 is 1.10 bits per heavy atom. The van der Waals surface area contributed by atoms with E-state index in [2.05, 4.69) is 5.10 Å². The van der Waals surface area contributed by atoms with E-state index in [9.17, 15) is 28.2 Å². The van der Waals surface area contributed by atoms with Gasteiger partial charge in [0.1, 0.15) is 0 Å². The SMILES string of the molecule is CC(C)Cn1nc(-c2ccc(C(F)(F)F)cc2)cc(CN(CCO)CCO)c1=O.Cl. The zero-order chi connectivity index (χ0) is 21.6. The summed E-state index contributed by atoms with van der Waals surface area (Å²) in [5.74, 6) is 0.141. The number of alkyl halides is 3. The Morgan fingerprint density at radius 3 is 2.13 bits per heavy atom. The molecule has 10 heteroatoms. The quantitative estimate of drug-likeness (QED) is 0.615. The highest BCUT2D eigenvalue weighted by Crippen LogP contribution is 2.30. The zero-order valence-electron chi connectivity index (χ0n) is 16.9. The molecule has 168 valence electrons. The van der Waals surface area contributed by atoms with Crippen LogP contribution in [0.3, 0.4) is 0 Å². The number of hydrogen-bond acceptors (Lipinski definition) is 5. The van der Waals surface area contributed by atoms with Crippen LogP contribution in [-0.2, 0) is 19.3 Å². The van der Waals surface area contributed by atoms with Gasteiger partial charge in [-0.1, -0.05) is 26.0 Å². The normalized spacial score (nSPS) is 11.8. The van der Waals surface area contributed by atoms with Crippen LogP contribution in [0.1, 0.15) is 25.0 Å². The number of nitrogens with zero attached hydrogens (tertiary/aromatic N) is 3. The Morgan fingerprint density at radius 2 is 1.67 bits per heavy atom. The van der Waals surface area contributed by atoms with Gasteiger partial charge in [0.15, 0.2) is 0 Å². The van der Waals surface area contributed by atoms with E-state index in [0.29, 0.717) is 23.4 Å². The molecule has 0 atom stereocenters. The summed E-state index contributed by atoms with van der Waals surface area (Å²) in [4.78, 5) is 14.5. The Labute approximate surface area is 179 Å². The van der Waals surface area contributed by atoms with Gasteiger partial charge in [-0.15, -0.1) is 12.4 Å². The molecule has 2 aromatic rings. The second kappa shape index (κ2) is 11.5. The minimum atomic E-state index is -4.43. The van der Waals surface area contributed by atoms with Gasteiger partial charge in [-0.2, -0.15) is 18.3 Å². The highest BCUT2D eigenvalue weighted by atomic mass is 35.5. The summed E-state index contributed by atoms with van der Waals surface area (Å²) in [6, 6.07) is 6.19. The molecular weight excluding hydrogens is 423 g/mol. The van der Waals surface area contributed by atoms with E-state index in [4.69, 9.17) is 0 Å². The summed E-state index contributed by atoms with van der Waals surface area (Å²) >= 11 is 0. The van der Waals surface area contributed by atoms with Crippen LogP contribution < -0.4 is 5.56 Å². The number of aromatic nitrogens is 2. The molecule has 30 heavy (non-hydrogen) atoms. The van der Waals surface area contributed by atoms with E-state index >= 15 is 0 Å². The number of halogens is 4. The van der Waals surface area contributed by atoms with Crippen molar-refractivity contribution in [1.82, 2.24) is 14.7 Å². The summed E-state index contributed by atoms with van der Waals surface area (Å²) in [7, 11) is 0. The first-order chi connectivity index (χ1) is 13.7. The van der Waals surface area contributed by atoms with Crippen molar-refractivity contribution in [2.75, 3.05) is 26.3 Å². The number of rotatable bonds is 9. The Hall–Kier alpha value is -1.94. The summed E-state index contributed by atoms with van der Waals surface area (Å²) in [6.07, 6.45) is -4.43. The highest BCUT2D eigenvalue weighted by molar-refractivity contribution is 5.85. The van der Waals surface area contributed by atoms with Crippen LogP contribution in [0, 0.1) is 5.92 Å². The molecule has 0 saturated heterocycles. The number of hydrogen-bond donors (Lipinski definition) is 2. The standard InChI is InChI=1S/C20H26F3N3O3.ClH/c1-14(2)12-26-19(29)16(13-25(7-9-27)8-10-28)11-18(24-26)15-3-5-17(6-4-15)20(21,22)23;/h3-6,11,14,27-28H,7-10,12-13H2,1-2H3;1H. The van der Waals surface area contributed by atoms with Crippen LogP contribution in [0.4, 0.5) is 13.2 Å². The van der Waals surface area contributed by atoms with Gasteiger partial charge in [-0.3, -0.25) is 9.69 Å². The van der Waals surface area contributed by atoms with E-state index in [1.165, 1.54) is 16.8 Å². The predicted molar refractivity (Wildman–Crippen MR) is 110 cm³/mol. The van der Waals surface area contributed by atoms with Gasteiger partial charge in [0.25, 0.3) is 5.56 Å². The highest BCUT2D eigenvalue weighted by Gasteiger charge is 2.30. The van der Waals surface area contributed by atoms with Gasteiger partial charge < -0.3 is 10.2 Å². The first-order valence-electron chi connectivity index (χ1n) is 9.38. The van der Waals surface area contributed by atoms with E-state index in [1.807, 2.05) is 13.8 Å². The van der Waals surface area contributed by atoms with Gasteiger partial charge >= 0.3 is 6.18 Å². The second-order valence-electron chi connectivity index (χ2n) is 7.23. The molecule has 0 aliphatic rings. The molecule has 1 aromatic carbocycles. The van der Waals surface area contributed by atoms with Crippen molar-refractivity contribution < 1.29 is 23.4 Å². The molecule has 0 unspecified atom stereocenters. The number of aliphatic hydroxyl groups excluding tert-OH is 2. The van der Waals surface area contributed by atoms with Crippen molar-refractivity contribution in [3.05, 3.63) is 51.8 Å². The van der Waals surface area contributed by atoms with Crippen LogP contribution in [0.5, 0.6) is 0 Å². The number of benzene rings is 1. The van der Waals surface area contributed by atoms with Crippen molar-refractivity contribution in [2.45, 2.75) is 33.1 Å². The lowest BCUT2D eigenvalue weighted by atomic mass is 10.1. The molecule has 0 aliphatic heterocycles. The predicted octanol–water partition coefficient (Wildman–Crippen LogP) is 2.79. The largest absolute Gasteiger partial charge is 0.416 e. The molecule has 0 fully saturated rings. The second-order valence-corrected chi connectivity index (χ2v) is 7.23. The third-order valence-electron chi connectivity index (χ3n) is 4.32. The average molecular weight is 450 g/mol. The molecule has 0 radical (unpaired) electrons. The molecule has 0 bridgehead atoms. The molecule has 0 spiro atoms. The minimum absolute atomic E-state index is 0. The third kappa shape index (κ3) is 7.09. The zero-order valence-corrected chi connectivity index (χ0v) is 17.7. The summed E-state index contributed by atoms with van der Waals surface area (Å²) in [5.41, 5.74) is 0.205. The Balaban J connectivity index is 0.00000450. The molecule has 1 heterocycles. The first kappa shape index (κ1) is 26.1. The minimum Gasteiger partial charge on any atom is -0.395 e. The lowest BCUT2D eigenvalue weighted by Crippen LogP contribution is -2.35. The summed E-state index contributed by atoms with van der Waals surface area (Å²) in [5, 5.41) is 22.7. The van der Waals surface area contributed by atoms with Gasteiger partial charge in [0.05, 0.1) is 24.5 Å². The maximum absolute atomic E-state index is 12.8. The molecule has 2 N–H and O–H groups in total. The van der Waals surface area contributed by atoms with Crippen molar-refractivity contribution >= 4 is 12.4 Å². The maximum atomic E-state index is 12.8. The van der Waals surface area contributed by atoms with Gasteiger partial charge in [-0.25, -0.2) is 4.68 Å². The fraction of sp³-hybridized carbons (Fsp3) is 0.500. The molecule has 1 aromatic heterocycles. The van der Waals surface area contributed by atoms with E-state index in [0.717, 1.165) is 12.1 Å². The molecule has 0 amide bonds. The van der Waals surface area contributed by atoms with Crippen molar-refractivity contribution in [3.8, 4) is 11.3 Å². The van der Waals surface area contributed by atoms with Gasteiger partial charge in [0.2, 0.25) is 0 Å². The average Bonchev–Trinajstić information content (AvgIpc) is 2.64. The van der Waals surface area contributed by atoms with Gasteiger partial charge in [0, 0.05) is 37.3 Å². The fourth-order valence-corrected chi connectivity index (χ4v) is 2.94. The molecule has 0 saturated carbocycles. The van der Waals surface area contributed by atoms with Crippen molar-refractivity contribution in [1.29, 1.82) is 0 Å². The van der Waals surface area contributed by atoms with Crippen LogP contribution in [0.2, 0.25) is 0 Å². The monoisotopic (exact) mass is 449 g/mol. The van der Waals surface area contributed by atoms with E-state index < -0.39 is 11.7 Å². The van der Waals surface area contributed by atoms with Gasteiger partial charge in [-0.05, 0) is 24.1 Å². The maximum Gasteiger partial charge on any atom is 0.416 e. The first-order valence-corrected chi connectivity index (χ1v) is 9.38. The van der Waals surface area contributed by atoms with Crippen LogP contribution in [0.25, 0.3) is 11.3 Å². The fourth-order valence-electron chi connectivity index (χ4n) is 2.94. The smallest absolute Gasteiger partial charge is 0.395 e. The lowest BCUT2D eigenvalue weighted by Gasteiger charge is -2.21. The Kier molecular flexibility index (Phi) is 9.96. The molecule has 6 nitrogen and oxygen atoms in total. The third-order valence-corrected chi connectivity index (χ3v) is 4.32. The van der Waals surface area contributed by atoms with Crippen LogP contribution in [-0.4, -0.2) is 51.2 Å². The van der Waals surface area contributed by atoms with Crippen LogP contribution in [0.15, 0.2) is 35.1 Å². The van der Waals surface area contributed by atoms with Crippen LogP contribution >= 0.6 is 12.4 Å². The van der Waals surface area contributed by atoms with E-state index in [-0.39, 0.29) is 56.7 Å². The molecule has 2 rings (SSSR count). The summed E-state index contributed by atoms with van der Waals surface area (Å²) in [6.45, 7) is 4.72. The topological polar surface area (TPSA) is 78.6 Å². The number of aliphatic hydroxyl groups is 2. The molecular formula is C20H27ClF3N3O3. The van der Waals surface area contributed by atoms with Crippen molar-refractivity contribution in [2.24, 2.45) is 5.92 Å². The van der Waals surface area contributed by atoms with E-state index in [1.54, 1.807) is 11.0 Å². The summed E-state index contributed by atoms with van der Waals surface area (Å²) < 4.78 is 39.8.